The lowest BCUT2D eigenvalue weighted by molar-refractivity contribution is -0.170. The van der Waals surface area contributed by atoms with Gasteiger partial charge in [-0.15, -0.1) is 0 Å². The maximum absolute atomic E-state index is 10.3. The van der Waals surface area contributed by atoms with Crippen molar-refractivity contribution >= 4 is 17.9 Å². The van der Waals surface area contributed by atoms with Crippen LogP contribution in [0, 0.1) is 0 Å². The van der Waals surface area contributed by atoms with Crippen LogP contribution in [0.1, 0.15) is 72.9 Å². The Morgan fingerprint density at radius 1 is 0.976 bits per heavy atom. The van der Waals surface area contributed by atoms with Crippen molar-refractivity contribution in [3.05, 3.63) is 77.1 Å². The summed E-state index contributed by atoms with van der Waals surface area (Å²) in [5.41, 5.74) is 1.64. The van der Waals surface area contributed by atoms with E-state index in [2.05, 4.69) is 52.3 Å². The number of hydrogen-bond donors (Lipinski definition) is 5. The first-order chi connectivity index (χ1) is 19.9. The zero-order valence-electron chi connectivity index (χ0n) is 23.6. The predicted molar refractivity (Wildman–Crippen MR) is 148 cm³/mol. The molecule has 0 saturated carbocycles. The molecule has 3 aromatic rings. The number of nitrogens with one attached hydrogen (secondary N) is 1. The molecule has 13 nitrogen and oxygen atoms in total. The minimum atomic E-state index is -2.74. The number of carboxylic acid groups (broad SMARTS) is 3. The Kier molecular flexibility index (Phi) is 10.5. The first-order valence-electron chi connectivity index (χ1n) is 13.0. The van der Waals surface area contributed by atoms with Gasteiger partial charge in [0, 0.05) is 30.1 Å². The molecule has 0 amide bonds. The zero-order chi connectivity index (χ0) is 31.0. The highest BCUT2D eigenvalue weighted by molar-refractivity contribution is 5.88. The van der Waals surface area contributed by atoms with Crippen LogP contribution < -0.4 is 14.8 Å². The molecule has 2 aromatic heterocycles. The summed E-state index contributed by atoms with van der Waals surface area (Å²) in [7, 11) is 3.32. The SMILES string of the molecule is COc1cc2c(cc1OC)[C@H](c1cnc(C(C)C)nc1)N[C@H](c1ccccn1)C2.O=C(O)CC(O)(CC(=O)O)C(=O)O. The summed E-state index contributed by atoms with van der Waals surface area (Å²) in [6.07, 6.45) is 4.19. The number of aliphatic hydroxyl groups is 1. The first-order valence-corrected chi connectivity index (χ1v) is 13.0. The minimum Gasteiger partial charge on any atom is -0.493 e. The Hall–Kier alpha value is -4.62. The van der Waals surface area contributed by atoms with E-state index in [0.717, 1.165) is 34.8 Å². The van der Waals surface area contributed by atoms with Crippen LogP contribution in [0.4, 0.5) is 0 Å². The van der Waals surface area contributed by atoms with E-state index in [9.17, 15) is 14.4 Å². The van der Waals surface area contributed by atoms with Gasteiger partial charge in [-0.05, 0) is 41.8 Å². The first kappa shape index (κ1) is 31.9. The minimum absolute atomic E-state index is 0.0632. The van der Waals surface area contributed by atoms with Crippen LogP contribution >= 0.6 is 0 Å². The summed E-state index contributed by atoms with van der Waals surface area (Å²) in [5.74, 6) is -2.43. The molecule has 224 valence electrons. The summed E-state index contributed by atoms with van der Waals surface area (Å²) in [6.45, 7) is 4.19. The average molecular weight is 583 g/mol. The van der Waals surface area contributed by atoms with Crippen LogP contribution in [-0.4, -0.2) is 73.1 Å². The molecule has 42 heavy (non-hydrogen) atoms. The number of carbonyl (C=O) groups is 3. The fourth-order valence-electron chi connectivity index (χ4n) is 4.51. The van der Waals surface area contributed by atoms with Gasteiger partial charge in [-0.3, -0.25) is 19.9 Å². The lowest BCUT2D eigenvalue weighted by Gasteiger charge is -2.34. The molecule has 2 atom stereocenters. The second kappa shape index (κ2) is 13.8. The maximum Gasteiger partial charge on any atom is 0.336 e. The van der Waals surface area contributed by atoms with Gasteiger partial charge in [-0.2, -0.15) is 0 Å². The van der Waals surface area contributed by atoms with Crippen molar-refractivity contribution in [1.29, 1.82) is 0 Å². The number of aliphatic carboxylic acids is 3. The highest BCUT2D eigenvalue weighted by Crippen LogP contribution is 2.40. The van der Waals surface area contributed by atoms with Gasteiger partial charge in [0.15, 0.2) is 17.1 Å². The number of nitrogens with zero attached hydrogens (tertiary/aromatic N) is 3. The van der Waals surface area contributed by atoms with Crippen molar-refractivity contribution in [2.45, 2.75) is 56.7 Å². The second-order valence-electron chi connectivity index (χ2n) is 10.0. The Morgan fingerprint density at radius 3 is 2.05 bits per heavy atom. The molecule has 4 rings (SSSR count). The number of fused-ring (bicyclic) bond motifs is 1. The molecule has 0 aliphatic carbocycles. The van der Waals surface area contributed by atoms with Crippen LogP contribution in [-0.2, 0) is 20.8 Å². The second-order valence-corrected chi connectivity index (χ2v) is 10.0. The molecule has 1 aliphatic heterocycles. The van der Waals surface area contributed by atoms with E-state index in [1.165, 1.54) is 5.56 Å². The standard InChI is InChI=1S/C23H26N4O2.C6H8O7/c1-14(2)23-25-12-16(13-26-23)22-17-11-21(29-4)20(28-3)10-15(17)9-19(27-22)18-7-5-6-8-24-18;7-3(8)1-6(13,5(11)12)2-4(9)10/h5-8,10-14,19,22,27H,9H2,1-4H3;13H,1-2H2,(H,7,8)(H,9,10)(H,11,12)/t19-,22-;/m0./s1. The molecule has 0 spiro atoms. The molecule has 1 aliphatic rings. The number of hydrogen-bond acceptors (Lipinski definition) is 10. The van der Waals surface area contributed by atoms with Crippen LogP contribution in [0.15, 0.2) is 48.9 Å². The molecule has 0 unspecified atom stereocenters. The van der Waals surface area contributed by atoms with Crippen LogP contribution in [0.2, 0.25) is 0 Å². The van der Waals surface area contributed by atoms with Crippen molar-refractivity contribution < 1.29 is 44.3 Å². The number of carboxylic acids is 3. The molecule has 3 heterocycles. The molecular formula is C29H34N4O9. The van der Waals surface area contributed by atoms with Gasteiger partial charge >= 0.3 is 17.9 Å². The quantitative estimate of drug-likeness (QED) is 0.234. The normalized spacial score (nSPS) is 16.0. The molecule has 0 bridgehead atoms. The van der Waals surface area contributed by atoms with Crippen molar-refractivity contribution in [1.82, 2.24) is 20.3 Å². The van der Waals surface area contributed by atoms with Gasteiger partial charge in [0.1, 0.15) is 5.82 Å². The van der Waals surface area contributed by atoms with E-state index in [4.69, 9.17) is 29.9 Å². The van der Waals surface area contributed by atoms with Gasteiger partial charge < -0.3 is 29.9 Å². The summed E-state index contributed by atoms with van der Waals surface area (Å²) < 4.78 is 11.1. The number of benzene rings is 1. The Labute approximate surface area is 242 Å². The summed E-state index contributed by atoms with van der Waals surface area (Å²) in [4.78, 5) is 44.2. The maximum atomic E-state index is 10.3. The number of pyridine rings is 1. The summed E-state index contributed by atoms with van der Waals surface area (Å²) in [5, 5.41) is 37.6. The molecule has 0 saturated heterocycles. The lowest BCUT2D eigenvalue weighted by atomic mass is 9.86. The Balaban J connectivity index is 0.000000316. The molecule has 1 aromatic carbocycles. The van der Waals surface area contributed by atoms with Gasteiger partial charge in [0.2, 0.25) is 0 Å². The topological polar surface area (TPSA) is 201 Å². The van der Waals surface area contributed by atoms with Gasteiger partial charge in [-0.25, -0.2) is 14.8 Å². The van der Waals surface area contributed by atoms with Gasteiger partial charge in [-0.1, -0.05) is 19.9 Å². The van der Waals surface area contributed by atoms with E-state index in [0.29, 0.717) is 11.7 Å². The van der Waals surface area contributed by atoms with E-state index in [1.54, 1.807) is 14.2 Å². The number of methoxy groups -OCH3 is 2. The third-order valence-corrected chi connectivity index (χ3v) is 6.62. The van der Waals surface area contributed by atoms with Crippen molar-refractivity contribution in [2.75, 3.05) is 14.2 Å². The van der Waals surface area contributed by atoms with Crippen molar-refractivity contribution in [3.63, 3.8) is 0 Å². The van der Waals surface area contributed by atoms with Crippen LogP contribution in [0.5, 0.6) is 11.5 Å². The lowest BCUT2D eigenvalue weighted by Crippen LogP contribution is -2.42. The molecule has 0 fully saturated rings. The number of rotatable bonds is 10. The average Bonchev–Trinajstić information content (AvgIpc) is 2.95. The monoisotopic (exact) mass is 582 g/mol. The summed E-state index contributed by atoms with van der Waals surface area (Å²) in [6, 6.07) is 10.1. The Morgan fingerprint density at radius 2 is 1.57 bits per heavy atom. The Bertz CT molecular complexity index is 1380. The predicted octanol–water partition coefficient (Wildman–Crippen LogP) is 2.74. The van der Waals surface area contributed by atoms with E-state index in [-0.39, 0.29) is 12.1 Å². The third-order valence-electron chi connectivity index (χ3n) is 6.62. The molecular weight excluding hydrogens is 548 g/mol. The van der Waals surface area contributed by atoms with E-state index < -0.39 is 36.4 Å². The number of aromatic nitrogens is 3. The van der Waals surface area contributed by atoms with Crippen LogP contribution in [0.3, 0.4) is 0 Å². The molecule has 0 radical (unpaired) electrons. The highest BCUT2D eigenvalue weighted by atomic mass is 16.5. The number of ether oxygens (including phenoxy) is 2. The fraction of sp³-hybridized carbons (Fsp3) is 0.379. The summed E-state index contributed by atoms with van der Waals surface area (Å²) >= 11 is 0. The van der Waals surface area contributed by atoms with E-state index in [1.807, 2.05) is 30.7 Å². The molecule has 13 heteroatoms. The van der Waals surface area contributed by atoms with Gasteiger partial charge in [0.25, 0.3) is 0 Å². The zero-order valence-corrected chi connectivity index (χ0v) is 23.6. The fourth-order valence-corrected chi connectivity index (χ4v) is 4.51. The third kappa shape index (κ3) is 7.77. The smallest absolute Gasteiger partial charge is 0.336 e. The van der Waals surface area contributed by atoms with Crippen molar-refractivity contribution in [3.8, 4) is 11.5 Å². The van der Waals surface area contributed by atoms with E-state index >= 15 is 0 Å². The van der Waals surface area contributed by atoms with Crippen molar-refractivity contribution in [2.24, 2.45) is 0 Å². The van der Waals surface area contributed by atoms with Crippen LogP contribution in [0.25, 0.3) is 0 Å². The van der Waals surface area contributed by atoms with Gasteiger partial charge in [0.05, 0.1) is 44.8 Å². The highest BCUT2D eigenvalue weighted by Gasteiger charge is 2.40. The largest absolute Gasteiger partial charge is 0.493 e. The molecule has 5 N–H and O–H groups in total.